The Morgan fingerprint density at radius 1 is 1.38 bits per heavy atom. The summed E-state index contributed by atoms with van der Waals surface area (Å²) in [4.78, 5) is 17.9. The van der Waals surface area contributed by atoms with Gasteiger partial charge >= 0.3 is 0 Å². The van der Waals surface area contributed by atoms with Gasteiger partial charge in [0.1, 0.15) is 5.82 Å². The van der Waals surface area contributed by atoms with Crippen molar-refractivity contribution in [2.45, 2.75) is 38.3 Å². The first-order valence-electron chi connectivity index (χ1n) is 7.00. The highest BCUT2D eigenvalue weighted by atomic mass is 16.7. The standard InChI is InChI=1S/C14H17N5O2/c1-10-15-17-18-19(10)13(11-6-3-2-4-7-11)14(20)16-21-12-8-5-9-12/h2-4,6-7,12-13H,5,8-9H2,1H3,(H,16,20). The van der Waals surface area contributed by atoms with E-state index in [1.165, 1.54) is 4.68 Å². The second-order valence-corrected chi connectivity index (χ2v) is 5.12. The van der Waals surface area contributed by atoms with Crippen molar-refractivity contribution in [3.63, 3.8) is 0 Å². The summed E-state index contributed by atoms with van der Waals surface area (Å²) in [6.07, 6.45) is 3.25. The molecule has 1 heterocycles. The van der Waals surface area contributed by atoms with Crippen LogP contribution in [0.25, 0.3) is 0 Å². The highest BCUT2D eigenvalue weighted by molar-refractivity contribution is 5.82. The van der Waals surface area contributed by atoms with Gasteiger partial charge in [0, 0.05) is 0 Å². The predicted octanol–water partition coefficient (Wildman–Crippen LogP) is 1.17. The van der Waals surface area contributed by atoms with Crippen LogP contribution in [-0.4, -0.2) is 32.2 Å². The van der Waals surface area contributed by atoms with Gasteiger partial charge in [0.15, 0.2) is 6.04 Å². The fraction of sp³-hybridized carbons (Fsp3) is 0.429. The number of hydrogen-bond acceptors (Lipinski definition) is 5. The molecule has 21 heavy (non-hydrogen) atoms. The molecule has 1 aromatic heterocycles. The molecule has 7 nitrogen and oxygen atoms in total. The third-order valence-corrected chi connectivity index (χ3v) is 3.64. The highest BCUT2D eigenvalue weighted by Gasteiger charge is 2.27. The predicted molar refractivity (Wildman–Crippen MR) is 74.0 cm³/mol. The van der Waals surface area contributed by atoms with Crippen LogP contribution < -0.4 is 5.48 Å². The summed E-state index contributed by atoms with van der Waals surface area (Å²) in [5.41, 5.74) is 3.35. The lowest BCUT2D eigenvalue weighted by Gasteiger charge is -2.26. The van der Waals surface area contributed by atoms with Gasteiger partial charge in [0.2, 0.25) is 0 Å². The molecule has 0 saturated heterocycles. The van der Waals surface area contributed by atoms with Crippen molar-refractivity contribution < 1.29 is 9.63 Å². The summed E-state index contributed by atoms with van der Waals surface area (Å²) >= 11 is 0. The van der Waals surface area contributed by atoms with Crippen LogP contribution in [0, 0.1) is 6.92 Å². The molecule has 110 valence electrons. The molecule has 0 aliphatic heterocycles. The lowest BCUT2D eigenvalue weighted by molar-refractivity contribution is -0.145. The van der Waals surface area contributed by atoms with Gasteiger partial charge in [-0.15, -0.1) is 5.10 Å². The molecule has 1 aliphatic carbocycles. The molecule has 1 fully saturated rings. The Bertz CT molecular complexity index is 609. The third-order valence-electron chi connectivity index (χ3n) is 3.64. The van der Waals surface area contributed by atoms with Crippen LogP contribution in [0.5, 0.6) is 0 Å². The van der Waals surface area contributed by atoms with E-state index < -0.39 is 6.04 Å². The van der Waals surface area contributed by atoms with E-state index in [1.54, 1.807) is 6.92 Å². The van der Waals surface area contributed by atoms with Crippen molar-refractivity contribution in [3.8, 4) is 0 Å². The number of aryl methyl sites for hydroxylation is 1. The number of benzene rings is 1. The van der Waals surface area contributed by atoms with Crippen molar-refractivity contribution in [1.29, 1.82) is 0 Å². The number of hydroxylamine groups is 1. The summed E-state index contributed by atoms with van der Waals surface area (Å²) in [5.74, 6) is 0.297. The lowest BCUT2D eigenvalue weighted by atomic mass is 9.97. The monoisotopic (exact) mass is 287 g/mol. The smallest absolute Gasteiger partial charge is 0.270 e. The Hall–Kier alpha value is -2.28. The molecule has 0 bridgehead atoms. The van der Waals surface area contributed by atoms with E-state index in [2.05, 4.69) is 21.0 Å². The minimum Gasteiger partial charge on any atom is -0.270 e. The molecule has 0 spiro atoms. The molecule has 1 aromatic carbocycles. The van der Waals surface area contributed by atoms with Gasteiger partial charge in [-0.3, -0.25) is 9.63 Å². The van der Waals surface area contributed by atoms with E-state index in [9.17, 15) is 4.79 Å². The number of tetrazole rings is 1. The quantitative estimate of drug-likeness (QED) is 0.835. The molecule has 3 rings (SSSR count). The van der Waals surface area contributed by atoms with Crippen LogP contribution >= 0.6 is 0 Å². The van der Waals surface area contributed by atoms with Gasteiger partial charge in [-0.1, -0.05) is 30.3 Å². The first-order valence-corrected chi connectivity index (χ1v) is 7.00. The topological polar surface area (TPSA) is 81.9 Å². The Labute approximate surface area is 122 Å². The summed E-state index contributed by atoms with van der Waals surface area (Å²) < 4.78 is 1.49. The van der Waals surface area contributed by atoms with Crippen molar-refractivity contribution in [2.24, 2.45) is 0 Å². The Balaban J connectivity index is 1.81. The number of amides is 1. The molecular weight excluding hydrogens is 270 g/mol. The number of carbonyl (C=O) groups is 1. The largest absolute Gasteiger partial charge is 0.273 e. The van der Waals surface area contributed by atoms with Gasteiger partial charge in [0.05, 0.1) is 6.10 Å². The minimum atomic E-state index is -0.638. The number of nitrogens with zero attached hydrogens (tertiary/aromatic N) is 4. The first kappa shape index (κ1) is 13.7. The van der Waals surface area contributed by atoms with Crippen molar-refractivity contribution in [1.82, 2.24) is 25.7 Å². The third kappa shape index (κ3) is 2.92. The van der Waals surface area contributed by atoms with Crippen LogP contribution in [0.3, 0.4) is 0 Å². The Morgan fingerprint density at radius 2 is 2.14 bits per heavy atom. The van der Waals surface area contributed by atoms with E-state index >= 15 is 0 Å². The number of aromatic nitrogens is 4. The zero-order valence-electron chi connectivity index (χ0n) is 11.8. The zero-order valence-corrected chi connectivity index (χ0v) is 11.8. The Kier molecular flexibility index (Phi) is 3.92. The number of nitrogens with one attached hydrogen (secondary N) is 1. The number of rotatable bonds is 5. The number of carbonyl (C=O) groups excluding carboxylic acids is 1. The van der Waals surface area contributed by atoms with E-state index in [0.717, 1.165) is 24.8 Å². The SMILES string of the molecule is Cc1nnnn1C(C(=O)NOC1CCC1)c1ccccc1. The second kappa shape index (κ2) is 6.01. The summed E-state index contributed by atoms with van der Waals surface area (Å²) in [6.45, 7) is 1.76. The maximum atomic E-state index is 12.5. The summed E-state index contributed by atoms with van der Waals surface area (Å²) in [7, 11) is 0. The molecule has 1 aliphatic rings. The average molecular weight is 287 g/mol. The van der Waals surface area contributed by atoms with Gasteiger partial charge in [-0.25, -0.2) is 10.2 Å². The fourth-order valence-electron chi connectivity index (χ4n) is 2.20. The van der Waals surface area contributed by atoms with Crippen molar-refractivity contribution in [3.05, 3.63) is 41.7 Å². The molecule has 1 unspecified atom stereocenters. The van der Waals surface area contributed by atoms with Crippen molar-refractivity contribution in [2.75, 3.05) is 0 Å². The van der Waals surface area contributed by atoms with Crippen molar-refractivity contribution >= 4 is 5.91 Å². The molecule has 7 heteroatoms. The molecule has 0 radical (unpaired) electrons. The van der Waals surface area contributed by atoms with E-state index in [0.29, 0.717) is 5.82 Å². The normalized spacial score (nSPS) is 16.2. The first-order chi connectivity index (χ1) is 10.3. The van der Waals surface area contributed by atoms with Crippen LogP contribution in [0.15, 0.2) is 30.3 Å². The minimum absolute atomic E-state index is 0.125. The second-order valence-electron chi connectivity index (χ2n) is 5.12. The maximum Gasteiger partial charge on any atom is 0.273 e. The van der Waals surface area contributed by atoms with Crippen LogP contribution in [0.2, 0.25) is 0 Å². The van der Waals surface area contributed by atoms with Crippen LogP contribution in [0.4, 0.5) is 0 Å². The molecule has 1 saturated carbocycles. The van der Waals surface area contributed by atoms with Crippen LogP contribution in [0.1, 0.15) is 36.7 Å². The number of hydrogen-bond donors (Lipinski definition) is 1. The summed E-state index contributed by atoms with van der Waals surface area (Å²) in [6, 6.07) is 8.75. The molecule has 1 atom stereocenters. The van der Waals surface area contributed by atoms with E-state index in [-0.39, 0.29) is 12.0 Å². The summed E-state index contributed by atoms with van der Waals surface area (Å²) in [5, 5.41) is 11.4. The van der Waals surface area contributed by atoms with Crippen LogP contribution in [-0.2, 0) is 9.63 Å². The molecule has 1 N–H and O–H groups in total. The Morgan fingerprint density at radius 3 is 2.71 bits per heavy atom. The van der Waals surface area contributed by atoms with E-state index in [4.69, 9.17) is 4.84 Å². The van der Waals surface area contributed by atoms with Gasteiger partial charge in [-0.2, -0.15) is 0 Å². The highest BCUT2D eigenvalue weighted by Crippen LogP contribution is 2.22. The van der Waals surface area contributed by atoms with E-state index in [1.807, 2.05) is 30.3 Å². The fourth-order valence-corrected chi connectivity index (χ4v) is 2.20. The maximum absolute atomic E-state index is 12.5. The lowest BCUT2D eigenvalue weighted by Crippen LogP contribution is -2.38. The molecule has 1 amide bonds. The van der Waals surface area contributed by atoms with Gasteiger partial charge < -0.3 is 0 Å². The van der Waals surface area contributed by atoms with Gasteiger partial charge in [0.25, 0.3) is 5.91 Å². The zero-order chi connectivity index (χ0) is 14.7. The van der Waals surface area contributed by atoms with Gasteiger partial charge in [-0.05, 0) is 42.2 Å². The molecule has 2 aromatic rings. The average Bonchev–Trinajstić information content (AvgIpc) is 2.85. The molecular formula is C14H17N5O2.